The Morgan fingerprint density at radius 1 is 1.20 bits per heavy atom. The lowest BCUT2D eigenvalue weighted by atomic mass is 10.1. The molecule has 1 aromatic heterocycles. The number of carboxylic acids is 1. The van der Waals surface area contributed by atoms with E-state index in [1.165, 1.54) is 4.70 Å². The molecule has 0 aliphatic heterocycles. The van der Waals surface area contributed by atoms with Gasteiger partial charge in [-0.25, -0.2) is 9.78 Å². The van der Waals surface area contributed by atoms with E-state index in [2.05, 4.69) is 11.1 Å². The van der Waals surface area contributed by atoms with Crippen molar-refractivity contribution in [2.75, 3.05) is 0 Å². The second-order valence-corrected chi connectivity index (χ2v) is 6.49. The minimum absolute atomic E-state index is 0.326. The highest BCUT2D eigenvalue weighted by atomic mass is 32.2. The Hall–Kier alpha value is -1.85. The molecule has 0 radical (unpaired) electrons. The lowest BCUT2D eigenvalue weighted by molar-refractivity contribution is 0.0697. The van der Waals surface area contributed by atoms with Gasteiger partial charge in [-0.2, -0.15) is 0 Å². The molecule has 1 heterocycles. The molecule has 2 aromatic carbocycles. The minimum atomic E-state index is -0.892. The van der Waals surface area contributed by atoms with Crippen LogP contribution in [0, 0.1) is 0 Å². The van der Waals surface area contributed by atoms with E-state index in [1.807, 2.05) is 24.3 Å². The number of thioether (sulfide) groups is 1. The smallest absolute Gasteiger partial charge is 0.335 e. The molecule has 5 heteroatoms. The fourth-order valence-corrected chi connectivity index (χ4v) is 3.86. The molecule has 0 saturated heterocycles. The topological polar surface area (TPSA) is 50.2 Å². The van der Waals surface area contributed by atoms with Crippen molar-refractivity contribution in [1.82, 2.24) is 4.98 Å². The first-order valence-corrected chi connectivity index (χ1v) is 7.83. The Bertz CT molecular complexity index is 734. The molecule has 0 spiro atoms. The molecule has 0 atom stereocenters. The van der Waals surface area contributed by atoms with Crippen LogP contribution in [0.25, 0.3) is 10.2 Å². The summed E-state index contributed by atoms with van der Waals surface area (Å²) < 4.78 is 2.18. The summed E-state index contributed by atoms with van der Waals surface area (Å²) >= 11 is 3.30. The van der Waals surface area contributed by atoms with Crippen LogP contribution in [0.15, 0.2) is 52.9 Å². The van der Waals surface area contributed by atoms with Crippen LogP contribution in [0.3, 0.4) is 0 Å². The van der Waals surface area contributed by atoms with E-state index < -0.39 is 5.97 Å². The molecule has 0 aliphatic carbocycles. The molecular weight excluding hydrogens is 290 g/mol. The van der Waals surface area contributed by atoms with E-state index in [4.69, 9.17) is 5.11 Å². The highest BCUT2D eigenvalue weighted by Crippen LogP contribution is 2.31. The number of aromatic nitrogens is 1. The maximum Gasteiger partial charge on any atom is 0.335 e. The van der Waals surface area contributed by atoms with Crippen molar-refractivity contribution in [2.45, 2.75) is 10.1 Å². The molecule has 0 fully saturated rings. The van der Waals surface area contributed by atoms with E-state index in [-0.39, 0.29) is 0 Å². The molecule has 1 N–H and O–H groups in total. The van der Waals surface area contributed by atoms with Gasteiger partial charge in [0.2, 0.25) is 0 Å². The molecule has 3 rings (SSSR count). The van der Waals surface area contributed by atoms with Crippen molar-refractivity contribution in [3.05, 3.63) is 59.7 Å². The van der Waals surface area contributed by atoms with Gasteiger partial charge in [0.1, 0.15) is 0 Å². The summed E-state index contributed by atoms with van der Waals surface area (Å²) in [6.45, 7) is 0. The van der Waals surface area contributed by atoms with E-state index in [0.29, 0.717) is 5.56 Å². The number of thiazole rings is 1. The number of hydrogen-bond donors (Lipinski definition) is 1. The maximum atomic E-state index is 10.9. The predicted molar refractivity (Wildman–Crippen MR) is 82.6 cm³/mol. The first-order chi connectivity index (χ1) is 9.72. The number of benzene rings is 2. The molecule has 0 amide bonds. The van der Waals surface area contributed by atoms with E-state index in [1.54, 1.807) is 41.3 Å². The monoisotopic (exact) mass is 301 g/mol. The number of hydrogen-bond acceptors (Lipinski definition) is 4. The summed E-state index contributed by atoms with van der Waals surface area (Å²) in [6.07, 6.45) is 0. The van der Waals surface area contributed by atoms with Crippen molar-refractivity contribution >= 4 is 39.3 Å². The standard InChI is InChI=1S/C15H11NO2S2/c17-14(18)11-5-3-4-10(8-11)9-19-15-16-12-6-1-2-7-13(12)20-15/h1-8H,9H2,(H,17,18). The van der Waals surface area contributed by atoms with Crippen LogP contribution in [-0.4, -0.2) is 16.1 Å². The summed E-state index contributed by atoms with van der Waals surface area (Å²) in [5.74, 6) is -0.169. The van der Waals surface area contributed by atoms with Crippen molar-refractivity contribution in [1.29, 1.82) is 0 Å². The predicted octanol–water partition coefficient (Wildman–Crippen LogP) is 4.29. The van der Waals surface area contributed by atoms with Gasteiger partial charge in [0.25, 0.3) is 0 Å². The number of carboxylic acid groups (broad SMARTS) is 1. The van der Waals surface area contributed by atoms with Crippen LogP contribution in [0.1, 0.15) is 15.9 Å². The van der Waals surface area contributed by atoms with E-state index >= 15 is 0 Å². The highest BCUT2D eigenvalue weighted by Gasteiger charge is 2.06. The van der Waals surface area contributed by atoms with Crippen molar-refractivity contribution in [3.8, 4) is 0 Å². The number of carbonyl (C=O) groups is 1. The first-order valence-electron chi connectivity index (χ1n) is 6.03. The third-order valence-electron chi connectivity index (χ3n) is 2.81. The molecule has 3 aromatic rings. The van der Waals surface area contributed by atoms with Crippen LogP contribution in [0.2, 0.25) is 0 Å². The molecule has 0 saturated carbocycles. The number of nitrogens with zero attached hydrogens (tertiary/aromatic N) is 1. The number of para-hydroxylation sites is 1. The summed E-state index contributed by atoms with van der Waals surface area (Å²) in [7, 11) is 0. The zero-order valence-corrected chi connectivity index (χ0v) is 12.1. The van der Waals surface area contributed by atoms with Crippen LogP contribution in [0.4, 0.5) is 0 Å². The molecule has 0 aliphatic rings. The summed E-state index contributed by atoms with van der Waals surface area (Å²) in [5, 5.41) is 8.97. The van der Waals surface area contributed by atoms with Gasteiger partial charge in [-0.15, -0.1) is 11.3 Å². The fourth-order valence-electron chi connectivity index (χ4n) is 1.85. The lowest BCUT2D eigenvalue weighted by Crippen LogP contribution is -1.96. The van der Waals surface area contributed by atoms with E-state index in [0.717, 1.165) is 21.2 Å². The Morgan fingerprint density at radius 3 is 2.85 bits per heavy atom. The van der Waals surface area contributed by atoms with Crippen LogP contribution < -0.4 is 0 Å². The third-order valence-corrected chi connectivity index (χ3v) is 5.06. The second-order valence-electron chi connectivity index (χ2n) is 4.24. The van der Waals surface area contributed by atoms with Crippen LogP contribution in [-0.2, 0) is 5.75 Å². The summed E-state index contributed by atoms with van der Waals surface area (Å²) in [5.41, 5.74) is 2.33. The first kappa shape index (κ1) is 13.1. The maximum absolute atomic E-state index is 10.9. The normalized spacial score (nSPS) is 10.8. The Balaban J connectivity index is 1.75. The average Bonchev–Trinajstić information content (AvgIpc) is 2.88. The van der Waals surface area contributed by atoms with Crippen LogP contribution in [0.5, 0.6) is 0 Å². The van der Waals surface area contributed by atoms with Gasteiger partial charge < -0.3 is 5.11 Å². The number of aromatic carboxylic acids is 1. The van der Waals surface area contributed by atoms with Gasteiger partial charge in [-0.05, 0) is 29.8 Å². The molecule has 0 unspecified atom stereocenters. The third kappa shape index (κ3) is 2.84. The fraction of sp³-hybridized carbons (Fsp3) is 0.0667. The van der Waals surface area contributed by atoms with Gasteiger partial charge in [0, 0.05) is 5.75 Å². The highest BCUT2D eigenvalue weighted by molar-refractivity contribution is 8.00. The van der Waals surface area contributed by atoms with Crippen molar-refractivity contribution < 1.29 is 9.90 Å². The Kier molecular flexibility index (Phi) is 3.71. The summed E-state index contributed by atoms with van der Waals surface area (Å²) in [6, 6.07) is 15.1. The summed E-state index contributed by atoms with van der Waals surface area (Å²) in [4.78, 5) is 15.5. The molecule has 3 nitrogen and oxygen atoms in total. The zero-order chi connectivity index (χ0) is 13.9. The Labute approximate surface area is 124 Å². The van der Waals surface area contributed by atoms with Gasteiger partial charge in [0.15, 0.2) is 4.34 Å². The molecule has 20 heavy (non-hydrogen) atoms. The minimum Gasteiger partial charge on any atom is -0.478 e. The van der Waals surface area contributed by atoms with E-state index in [9.17, 15) is 4.79 Å². The van der Waals surface area contributed by atoms with Crippen LogP contribution >= 0.6 is 23.1 Å². The largest absolute Gasteiger partial charge is 0.478 e. The zero-order valence-electron chi connectivity index (χ0n) is 10.4. The number of rotatable bonds is 4. The van der Waals surface area contributed by atoms with Crippen molar-refractivity contribution in [3.63, 3.8) is 0 Å². The quantitative estimate of drug-likeness (QED) is 0.730. The molecular formula is C15H11NO2S2. The SMILES string of the molecule is O=C(O)c1cccc(CSc2nc3ccccc3s2)c1. The molecule has 100 valence electrons. The second kappa shape index (κ2) is 5.64. The van der Waals surface area contributed by atoms with Gasteiger partial charge in [-0.1, -0.05) is 36.0 Å². The molecule has 0 bridgehead atoms. The lowest BCUT2D eigenvalue weighted by Gasteiger charge is -2.00. The number of fused-ring (bicyclic) bond motifs is 1. The van der Waals surface area contributed by atoms with Crippen molar-refractivity contribution in [2.24, 2.45) is 0 Å². The average molecular weight is 301 g/mol. The Morgan fingerprint density at radius 2 is 2.05 bits per heavy atom. The van der Waals surface area contributed by atoms with Gasteiger partial charge in [-0.3, -0.25) is 0 Å². The van der Waals surface area contributed by atoms with Gasteiger partial charge >= 0.3 is 5.97 Å². The van der Waals surface area contributed by atoms with Gasteiger partial charge in [0.05, 0.1) is 15.8 Å².